The van der Waals surface area contributed by atoms with Crippen LogP contribution in [0.2, 0.25) is 0 Å². The number of nitrogens with zero attached hydrogens (tertiary/aromatic N) is 1. The molecule has 0 aromatic carbocycles. The van der Waals surface area contributed by atoms with E-state index < -0.39 is 0 Å². The van der Waals surface area contributed by atoms with E-state index in [1.54, 1.807) is 0 Å². The first-order valence-electron chi connectivity index (χ1n) is 5.88. The Labute approximate surface area is 90.1 Å². The third kappa shape index (κ3) is 5.61. The van der Waals surface area contributed by atoms with Crippen molar-refractivity contribution in [2.75, 3.05) is 20.1 Å². The zero-order valence-electron chi connectivity index (χ0n) is 10.9. The van der Waals surface area contributed by atoms with E-state index in [9.17, 15) is 0 Å². The van der Waals surface area contributed by atoms with Gasteiger partial charge in [-0.1, -0.05) is 13.8 Å². The summed E-state index contributed by atoms with van der Waals surface area (Å²) in [5.41, 5.74) is 0.288. The van der Waals surface area contributed by atoms with Gasteiger partial charge in [0.1, 0.15) is 0 Å². The molecule has 0 aromatic heterocycles. The Bertz CT molecular complexity index is 143. The Kier molecular flexibility index (Phi) is 6.38. The highest BCUT2D eigenvalue weighted by molar-refractivity contribution is 4.75. The van der Waals surface area contributed by atoms with Gasteiger partial charge in [-0.05, 0) is 40.7 Å². The van der Waals surface area contributed by atoms with Crippen LogP contribution in [0.5, 0.6) is 0 Å². The predicted molar refractivity (Wildman–Crippen MR) is 64.8 cm³/mol. The lowest BCUT2D eigenvalue weighted by atomic mass is 10.0. The molecular formula is C12H28N2. The highest BCUT2D eigenvalue weighted by Crippen LogP contribution is 2.06. The fourth-order valence-electron chi connectivity index (χ4n) is 1.23. The molecule has 0 radical (unpaired) electrons. The van der Waals surface area contributed by atoms with Crippen LogP contribution in [0.25, 0.3) is 0 Å². The maximum atomic E-state index is 3.58. The lowest BCUT2D eigenvalue weighted by molar-refractivity contribution is 0.238. The topological polar surface area (TPSA) is 15.3 Å². The van der Waals surface area contributed by atoms with Crippen LogP contribution in [0.3, 0.4) is 0 Å². The summed E-state index contributed by atoms with van der Waals surface area (Å²) in [6, 6.07) is 0.696. The number of hydrogen-bond acceptors (Lipinski definition) is 2. The minimum absolute atomic E-state index is 0.288. The van der Waals surface area contributed by atoms with Crippen molar-refractivity contribution in [3.63, 3.8) is 0 Å². The number of rotatable bonds is 7. The lowest BCUT2D eigenvalue weighted by Gasteiger charge is -2.28. The molecule has 2 nitrogen and oxygen atoms in total. The molecule has 0 amide bonds. The third-order valence-corrected chi connectivity index (χ3v) is 3.30. The van der Waals surface area contributed by atoms with Gasteiger partial charge in [0, 0.05) is 24.7 Å². The standard InChI is InChI=1S/C12H28N2/c1-7-11(3)14(6)10-9-13-12(4,5)8-2/h11,13H,7-10H2,1-6H3. The summed E-state index contributed by atoms with van der Waals surface area (Å²) in [5, 5.41) is 3.58. The van der Waals surface area contributed by atoms with Gasteiger partial charge in [-0.15, -0.1) is 0 Å². The molecule has 0 heterocycles. The summed E-state index contributed by atoms with van der Waals surface area (Å²) in [6.07, 6.45) is 2.41. The largest absolute Gasteiger partial charge is 0.311 e. The molecule has 14 heavy (non-hydrogen) atoms. The van der Waals surface area contributed by atoms with Crippen LogP contribution in [0.1, 0.15) is 47.5 Å². The van der Waals surface area contributed by atoms with Gasteiger partial charge in [-0.3, -0.25) is 0 Å². The SMILES string of the molecule is CCC(C)N(C)CCNC(C)(C)CC. The normalized spacial score (nSPS) is 14.8. The van der Waals surface area contributed by atoms with Gasteiger partial charge in [0.05, 0.1) is 0 Å². The van der Waals surface area contributed by atoms with Gasteiger partial charge < -0.3 is 10.2 Å². The second-order valence-corrected chi connectivity index (χ2v) is 4.90. The first kappa shape index (κ1) is 13.9. The summed E-state index contributed by atoms with van der Waals surface area (Å²) in [4.78, 5) is 2.42. The van der Waals surface area contributed by atoms with E-state index in [0.29, 0.717) is 6.04 Å². The van der Waals surface area contributed by atoms with Gasteiger partial charge >= 0.3 is 0 Å². The second-order valence-electron chi connectivity index (χ2n) is 4.90. The molecule has 1 atom stereocenters. The minimum atomic E-state index is 0.288. The highest BCUT2D eigenvalue weighted by Gasteiger charge is 2.14. The molecule has 0 aliphatic carbocycles. The van der Waals surface area contributed by atoms with Crippen LogP contribution in [-0.2, 0) is 0 Å². The Balaban J connectivity index is 3.63. The zero-order chi connectivity index (χ0) is 11.2. The maximum absolute atomic E-state index is 3.58. The lowest BCUT2D eigenvalue weighted by Crippen LogP contribution is -2.43. The van der Waals surface area contributed by atoms with Crippen molar-refractivity contribution >= 4 is 0 Å². The molecule has 0 fully saturated rings. The molecule has 0 aliphatic heterocycles. The van der Waals surface area contributed by atoms with Gasteiger partial charge in [0.25, 0.3) is 0 Å². The molecule has 0 saturated carbocycles. The average molecular weight is 200 g/mol. The van der Waals surface area contributed by atoms with Crippen LogP contribution >= 0.6 is 0 Å². The molecule has 1 N–H and O–H groups in total. The quantitative estimate of drug-likeness (QED) is 0.679. The van der Waals surface area contributed by atoms with Crippen LogP contribution in [-0.4, -0.2) is 36.6 Å². The number of hydrogen-bond donors (Lipinski definition) is 1. The van der Waals surface area contributed by atoms with E-state index >= 15 is 0 Å². The molecule has 0 aromatic rings. The fourth-order valence-corrected chi connectivity index (χ4v) is 1.23. The Morgan fingerprint density at radius 3 is 2.29 bits per heavy atom. The second kappa shape index (κ2) is 6.41. The summed E-state index contributed by atoms with van der Waals surface area (Å²) >= 11 is 0. The van der Waals surface area contributed by atoms with Crippen molar-refractivity contribution in [2.45, 2.75) is 59.0 Å². The Hall–Kier alpha value is -0.0800. The van der Waals surface area contributed by atoms with E-state index in [4.69, 9.17) is 0 Å². The van der Waals surface area contributed by atoms with Crippen molar-refractivity contribution in [3.8, 4) is 0 Å². The van der Waals surface area contributed by atoms with Gasteiger partial charge in [-0.25, -0.2) is 0 Å². The van der Waals surface area contributed by atoms with Crippen LogP contribution < -0.4 is 5.32 Å². The van der Waals surface area contributed by atoms with Crippen molar-refractivity contribution in [2.24, 2.45) is 0 Å². The molecule has 0 aliphatic rings. The molecule has 0 bridgehead atoms. The summed E-state index contributed by atoms with van der Waals surface area (Å²) in [7, 11) is 2.20. The van der Waals surface area contributed by atoms with E-state index in [2.05, 4.69) is 51.9 Å². The van der Waals surface area contributed by atoms with Gasteiger partial charge in [-0.2, -0.15) is 0 Å². The van der Waals surface area contributed by atoms with Crippen molar-refractivity contribution in [1.82, 2.24) is 10.2 Å². The fraction of sp³-hybridized carbons (Fsp3) is 1.00. The van der Waals surface area contributed by atoms with Crippen molar-refractivity contribution in [1.29, 1.82) is 0 Å². The maximum Gasteiger partial charge on any atom is 0.0123 e. The summed E-state index contributed by atoms with van der Waals surface area (Å²) < 4.78 is 0. The predicted octanol–water partition coefficient (Wildman–Crippen LogP) is 2.49. The van der Waals surface area contributed by atoms with Gasteiger partial charge in [0.15, 0.2) is 0 Å². The Morgan fingerprint density at radius 1 is 1.29 bits per heavy atom. The van der Waals surface area contributed by atoms with Crippen LogP contribution in [0.15, 0.2) is 0 Å². The van der Waals surface area contributed by atoms with Crippen molar-refractivity contribution in [3.05, 3.63) is 0 Å². The van der Waals surface area contributed by atoms with E-state index in [1.807, 2.05) is 0 Å². The smallest absolute Gasteiger partial charge is 0.0123 e. The monoisotopic (exact) mass is 200 g/mol. The molecule has 0 spiro atoms. The Morgan fingerprint density at radius 2 is 1.86 bits per heavy atom. The van der Waals surface area contributed by atoms with Crippen LogP contribution in [0, 0.1) is 0 Å². The van der Waals surface area contributed by atoms with E-state index in [1.165, 1.54) is 12.8 Å². The number of nitrogens with one attached hydrogen (secondary N) is 1. The summed E-state index contributed by atoms with van der Waals surface area (Å²) in [5.74, 6) is 0. The molecule has 2 heteroatoms. The zero-order valence-corrected chi connectivity index (χ0v) is 10.9. The highest BCUT2D eigenvalue weighted by atomic mass is 15.1. The van der Waals surface area contributed by atoms with E-state index in [0.717, 1.165) is 13.1 Å². The number of likely N-dealkylation sites (N-methyl/N-ethyl adjacent to an activating group) is 1. The molecule has 1 unspecified atom stereocenters. The third-order valence-electron chi connectivity index (χ3n) is 3.30. The molecule has 86 valence electrons. The molecule has 0 rings (SSSR count). The molecular weight excluding hydrogens is 172 g/mol. The van der Waals surface area contributed by atoms with Crippen molar-refractivity contribution < 1.29 is 0 Å². The first-order valence-corrected chi connectivity index (χ1v) is 5.88. The van der Waals surface area contributed by atoms with E-state index in [-0.39, 0.29) is 5.54 Å². The van der Waals surface area contributed by atoms with Gasteiger partial charge in [0.2, 0.25) is 0 Å². The molecule has 0 saturated heterocycles. The van der Waals surface area contributed by atoms with Crippen LogP contribution in [0.4, 0.5) is 0 Å². The minimum Gasteiger partial charge on any atom is -0.311 e. The first-order chi connectivity index (χ1) is 6.43. The average Bonchev–Trinajstić information content (AvgIpc) is 2.16. The summed E-state index contributed by atoms with van der Waals surface area (Å²) in [6.45, 7) is 13.5.